The summed E-state index contributed by atoms with van der Waals surface area (Å²) < 4.78 is 0. The third-order valence-electron chi connectivity index (χ3n) is 10.8. The Hall–Kier alpha value is -5.72. The molecule has 0 nitrogen and oxygen atoms in total. The minimum Gasteiger partial charge on any atom is -0.0619 e. The van der Waals surface area contributed by atoms with Crippen molar-refractivity contribution in [1.82, 2.24) is 0 Å². The molecule has 0 unspecified atom stereocenters. The largest absolute Gasteiger partial charge is 0.0725 e. The molecule has 45 heavy (non-hydrogen) atoms. The molecule has 3 aliphatic rings. The summed E-state index contributed by atoms with van der Waals surface area (Å²) >= 11 is 0. The SMILES string of the molecule is c1ccc2c(c1)-c1ccccc1C21c2ccccc2-c2c1cc1c3c(cccc23)-c2c(-c3cccc4ccccc34)cccc2-1. The van der Waals surface area contributed by atoms with Gasteiger partial charge in [0.05, 0.1) is 5.41 Å². The van der Waals surface area contributed by atoms with Crippen molar-refractivity contribution < 1.29 is 0 Å². The number of rotatable bonds is 1. The van der Waals surface area contributed by atoms with Crippen molar-refractivity contribution >= 4 is 21.5 Å². The van der Waals surface area contributed by atoms with Crippen molar-refractivity contribution in [3.05, 3.63) is 180 Å². The van der Waals surface area contributed by atoms with Gasteiger partial charge in [-0.2, -0.15) is 0 Å². The van der Waals surface area contributed by atoms with Gasteiger partial charge in [0.1, 0.15) is 0 Å². The number of benzene rings is 8. The highest BCUT2D eigenvalue weighted by molar-refractivity contribution is 6.23. The van der Waals surface area contributed by atoms with E-state index in [4.69, 9.17) is 0 Å². The summed E-state index contributed by atoms with van der Waals surface area (Å²) in [7, 11) is 0. The van der Waals surface area contributed by atoms with Crippen LogP contribution in [0.3, 0.4) is 0 Å². The molecule has 0 fully saturated rings. The van der Waals surface area contributed by atoms with Gasteiger partial charge < -0.3 is 0 Å². The van der Waals surface area contributed by atoms with Crippen LogP contribution in [0.25, 0.3) is 77.2 Å². The zero-order chi connectivity index (χ0) is 29.3. The van der Waals surface area contributed by atoms with E-state index in [2.05, 4.69) is 158 Å². The Morgan fingerprint density at radius 1 is 0.289 bits per heavy atom. The second-order valence-corrected chi connectivity index (χ2v) is 12.7. The lowest BCUT2D eigenvalue weighted by Crippen LogP contribution is -2.25. The molecular formula is C45H26. The molecule has 206 valence electrons. The second kappa shape index (κ2) is 8.25. The van der Waals surface area contributed by atoms with Crippen molar-refractivity contribution in [1.29, 1.82) is 0 Å². The third kappa shape index (κ3) is 2.71. The molecule has 0 amide bonds. The lowest BCUT2D eigenvalue weighted by atomic mass is 9.70. The van der Waals surface area contributed by atoms with Gasteiger partial charge in [-0.25, -0.2) is 0 Å². The molecule has 0 saturated heterocycles. The van der Waals surface area contributed by atoms with Crippen LogP contribution in [0.4, 0.5) is 0 Å². The van der Waals surface area contributed by atoms with Crippen LogP contribution in [0.15, 0.2) is 158 Å². The Morgan fingerprint density at radius 3 is 1.56 bits per heavy atom. The van der Waals surface area contributed by atoms with E-state index in [1.807, 2.05) is 0 Å². The number of hydrogen-bond donors (Lipinski definition) is 0. The van der Waals surface area contributed by atoms with Gasteiger partial charge in [0.2, 0.25) is 0 Å². The first-order chi connectivity index (χ1) is 22.4. The Bertz CT molecular complexity index is 2550. The van der Waals surface area contributed by atoms with Crippen molar-refractivity contribution in [3.63, 3.8) is 0 Å². The van der Waals surface area contributed by atoms with E-state index in [0.717, 1.165) is 0 Å². The van der Waals surface area contributed by atoms with E-state index in [9.17, 15) is 0 Å². The summed E-state index contributed by atoms with van der Waals surface area (Å²) in [5, 5.41) is 5.31. The van der Waals surface area contributed by atoms with E-state index in [0.29, 0.717) is 0 Å². The molecule has 8 aromatic rings. The highest BCUT2D eigenvalue weighted by Gasteiger charge is 2.52. The van der Waals surface area contributed by atoms with E-state index in [1.54, 1.807) is 0 Å². The summed E-state index contributed by atoms with van der Waals surface area (Å²) in [4.78, 5) is 0. The van der Waals surface area contributed by atoms with Crippen LogP contribution in [0, 0.1) is 0 Å². The Morgan fingerprint density at radius 2 is 0.778 bits per heavy atom. The molecule has 1 spiro atoms. The average Bonchev–Trinajstić information content (AvgIpc) is 3.71. The van der Waals surface area contributed by atoms with Crippen LogP contribution in [-0.2, 0) is 5.41 Å². The maximum atomic E-state index is 2.57. The monoisotopic (exact) mass is 566 g/mol. The minimum absolute atomic E-state index is 0.351. The molecule has 0 atom stereocenters. The fourth-order valence-corrected chi connectivity index (χ4v) is 9.23. The summed E-state index contributed by atoms with van der Waals surface area (Å²) in [6.07, 6.45) is 0. The van der Waals surface area contributed by atoms with Crippen molar-refractivity contribution in [2.24, 2.45) is 0 Å². The first-order valence-electron chi connectivity index (χ1n) is 15.9. The molecule has 0 heterocycles. The summed E-state index contributed by atoms with van der Waals surface area (Å²) in [5.74, 6) is 0. The van der Waals surface area contributed by atoms with Gasteiger partial charge in [-0.3, -0.25) is 0 Å². The quantitative estimate of drug-likeness (QED) is 0.185. The summed E-state index contributed by atoms with van der Waals surface area (Å²) in [6.45, 7) is 0. The van der Waals surface area contributed by atoms with Crippen LogP contribution >= 0.6 is 0 Å². The zero-order valence-electron chi connectivity index (χ0n) is 24.5. The minimum atomic E-state index is -0.351. The zero-order valence-corrected chi connectivity index (χ0v) is 24.5. The lowest BCUT2D eigenvalue weighted by Gasteiger charge is -2.30. The first kappa shape index (κ1) is 23.7. The van der Waals surface area contributed by atoms with Crippen LogP contribution in [0.5, 0.6) is 0 Å². The molecule has 0 aliphatic heterocycles. The van der Waals surface area contributed by atoms with Gasteiger partial charge >= 0.3 is 0 Å². The lowest BCUT2D eigenvalue weighted by molar-refractivity contribution is 0.795. The van der Waals surface area contributed by atoms with Gasteiger partial charge in [-0.15, -0.1) is 0 Å². The number of hydrogen-bond acceptors (Lipinski definition) is 0. The standard InChI is InChI=1S/C45H26/c1-2-14-28-27(12-1)13-9-18-29(28)32-19-10-20-33-37-26-41-44(36-22-11-21-35(42(32)33)43(36)37)34-17-5-8-25-40(34)45(41)38-23-6-3-15-30(38)31-16-4-7-24-39(31)45/h1-26H. The smallest absolute Gasteiger partial charge is 0.0619 e. The molecule has 8 aromatic carbocycles. The van der Waals surface area contributed by atoms with E-state index in [1.165, 1.54) is 99.4 Å². The Labute approximate surface area is 261 Å². The average molecular weight is 567 g/mol. The van der Waals surface area contributed by atoms with Gasteiger partial charge in [-0.1, -0.05) is 152 Å². The second-order valence-electron chi connectivity index (χ2n) is 12.7. The summed E-state index contributed by atoms with van der Waals surface area (Å²) in [6, 6.07) is 59.3. The van der Waals surface area contributed by atoms with E-state index < -0.39 is 0 Å². The molecule has 0 radical (unpaired) electrons. The van der Waals surface area contributed by atoms with Gasteiger partial charge in [0.15, 0.2) is 0 Å². The fraction of sp³-hybridized carbons (Fsp3) is 0.0222. The third-order valence-corrected chi connectivity index (χ3v) is 10.8. The van der Waals surface area contributed by atoms with E-state index >= 15 is 0 Å². The molecule has 3 aliphatic carbocycles. The van der Waals surface area contributed by atoms with Crippen LogP contribution in [-0.4, -0.2) is 0 Å². The van der Waals surface area contributed by atoms with Gasteiger partial charge in [-0.05, 0) is 105 Å². The molecule has 0 bridgehead atoms. The van der Waals surface area contributed by atoms with Crippen molar-refractivity contribution in [3.8, 4) is 55.6 Å². The highest BCUT2D eigenvalue weighted by atomic mass is 14.5. The first-order valence-corrected chi connectivity index (χ1v) is 15.9. The maximum absolute atomic E-state index is 2.57. The van der Waals surface area contributed by atoms with Gasteiger partial charge in [0.25, 0.3) is 0 Å². The maximum Gasteiger partial charge on any atom is 0.0725 e. The topological polar surface area (TPSA) is 0 Å². The van der Waals surface area contributed by atoms with Gasteiger partial charge in [0, 0.05) is 0 Å². The predicted molar refractivity (Wildman–Crippen MR) is 188 cm³/mol. The van der Waals surface area contributed by atoms with Crippen molar-refractivity contribution in [2.45, 2.75) is 5.41 Å². The fourth-order valence-electron chi connectivity index (χ4n) is 9.23. The molecular weight excluding hydrogens is 540 g/mol. The normalized spacial score (nSPS) is 14.0. The molecule has 0 saturated carbocycles. The number of fused-ring (bicyclic) bond motifs is 15. The highest BCUT2D eigenvalue weighted by Crippen LogP contribution is 2.65. The Kier molecular flexibility index (Phi) is 4.35. The van der Waals surface area contributed by atoms with Crippen LogP contribution in [0.1, 0.15) is 22.3 Å². The predicted octanol–water partition coefficient (Wildman–Crippen LogP) is 11.7. The summed E-state index contributed by atoms with van der Waals surface area (Å²) in [5.41, 5.74) is 18.6. The molecule has 0 heteroatoms. The van der Waals surface area contributed by atoms with Crippen LogP contribution in [0.2, 0.25) is 0 Å². The van der Waals surface area contributed by atoms with E-state index in [-0.39, 0.29) is 5.41 Å². The molecule has 0 N–H and O–H groups in total. The van der Waals surface area contributed by atoms with Crippen LogP contribution < -0.4 is 0 Å². The van der Waals surface area contributed by atoms with Crippen molar-refractivity contribution in [2.75, 3.05) is 0 Å². The Balaban J connectivity index is 1.29. The molecule has 0 aromatic heterocycles. The molecule has 11 rings (SSSR count).